The van der Waals surface area contributed by atoms with E-state index in [0.717, 1.165) is 18.4 Å². The molecule has 1 amide bonds. The first-order valence-electron chi connectivity index (χ1n) is 4.81. The largest absolute Gasteiger partial charge is 0.324 e. The molecule has 0 heterocycles. The Labute approximate surface area is 88.7 Å². The number of benzene rings is 1. The van der Waals surface area contributed by atoms with Gasteiger partial charge in [-0.1, -0.05) is 12.0 Å². The molecular formula is C12H12N2O. The summed E-state index contributed by atoms with van der Waals surface area (Å²) >= 11 is 0. The number of carbonyl (C=O) groups is 1. The van der Waals surface area contributed by atoms with Gasteiger partial charge in [-0.25, -0.2) is 0 Å². The lowest BCUT2D eigenvalue weighted by atomic mass is 10.2. The predicted octanol–water partition coefficient (Wildman–Crippen LogP) is 1.10. The van der Waals surface area contributed by atoms with E-state index in [9.17, 15) is 4.79 Å². The standard InChI is InChI=1S/C12H12N2O/c1-2-9-4-3-5-10(8-9)14-11(15)12(13)6-7-12/h1,3-5,8H,6-7,13H2,(H,14,15). The monoisotopic (exact) mass is 200 g/mol. The molecule has 0 bridgehead atoms. The molecule has 1 fully saturated rings. The first-order chi connectivity index (χ1) is 7.14. The molecule has 1 aromatic rings. The molecule has 1 saturated carbocycles. The van der Waals surface area contributed by atoms with E-state index in [1.807, 2.05) is 6.07 Å². The summed E-state index contributed by atoms with van der Waals surface area (Å²) in [7, 11) is 0. The molecule has 0 atom stereocenters. The summed E-state index contributed by atoms with van der Waals surface area (Å²) in [4.78, 5) is 11.6. The van der Waals surface area contributed by atoms with Gasteiger partial charge >= 0.3 is 0 Å². The van der Waals surface area contributed by atoms with Gasteiger partial charge in [0.15, 0.2) is 0 Å². The summed E-state index contributed by atoms with van der Waals surface area (Å²) in [6.45, 7) is 0. The van der Waals surface area contributed by atoms with Crippen molar-refractivity contribution in [3.63, 3.8) is 0 Å². The number of carbonyl (C=O) groups excluding carboxylic acids is 1. The smallest absolute Gasteiger partial charge is 0.244 e. The average molecular weight is 200 g/mol. The number of amides is 1. The molecule has 0 radical (unpaired) electrons. The molecule has 1 aliphatic rings. The van der Waals surface area contributed by atoms with Gasteiger partial charge in [0.25, 0.3) is 0 Å². The molecule has 3 nitrogen and oxygen atoms in total. The third-order valence-corrected chi connectivity index (χ3v) is 2.53. The Kier molecular flexibility index (Phi) is 2.22. The molecule has 1 aromatic carbocycles. The Morgan fingerprint density at radius 2 is 2.27 bits per heavy atom. The van der Waals surface area contributed by atoms with Gasteiger partial charge in [0, 0.05) is 11.3 Å². The average Bonchev–Trinajstić information content (AvgIpc) is 2.98. The lowest BCUT2D eigenvalue weighted by Gasteiger charge is -2.09. The van der Waals surface area contributed by atoms with Crippen LogP contribution in [0, 0.1) is 12.3 Å². The van der Waals surface area contributed by atoms with E-state index < -0.39 is 5.54 Å². The number of nitrogens with two attached hydrogens (primary N) is 1. The molecule has 3 N–H and O–H groups in total. The summed E-state index contributed by atoms with van der Waals surface area (Å²) in [5.41, 5.74) is 6.56. The van der Waals surface area contributed by atoms with E-state index in [0.29, 0.717) is 5.69 Å². The molecule has 3 heteroatoms. The van der Waals surface area contributed by atoms with Crippen molar-refractivity contribution in [2.45, 2.75) is 18.4 Å². The first-order valence-corrected chi connectivity index (χ1v) is 4.81. The minimum Gasteiger partial charge on any atom is -0.324 e. The van der Waals surface area contributed by atoms with Crippen LogP contribution in [0.25, 0.3) is 0 Å². The van der Waals surface area contributed by atoms with E-state index in [-0.39, 0.29) is 5.91 Å². The SMILES string of the molecule is C#Cc1cccc(NC(=O)C2(N)CC2)c1. The molecule has 1 aliphatic carbocycles. The zero-order valence-electron chi connectivity index (χ0n) is 8.29. The normalized spacial score (nSPS) is 16.5. The Bertz CT molecular complexity index is 441. The van der Waals surface area contributed by atoms with E-state index in [2.05, 4.69) is 11.2 Å². The van der Waals surface area contributed by atoms with Crippen molar-refractivity contribution in [1.29, 1.82) is 0 Å². The zero-order valence-corrected chi connectivity index (χ0v) is 8.29. The summed E-state index contributed by atoms with van der Waals surface area (Å²) < 4.78 is 0. The maximum atomic E-state index is 11.6. The highest BCUT2D eigenvalue weighted by molar-refractivity contribution is 6.00. The van der Waals surface area contributed by atoms with Crippen LogP contribution in [-0.4, -0.2) is 11.4 Å². The van der Waals surface area contributed by atoms with Gasteiger partial charge in [0.05, 0.1) is 5.54 Å². The first kappa shape index (κ1) is 9.75. The molecular weight excluding hydrogens is 188 g/mol. The van der Waals surface area contributed by atoms with E-state index >= 15 is 0 Å². The molecule has 0 spiro atoms. The lowest BCUT2D eigenvalue weighted by molar-refractivity contribution is -0.118. The number of terminal acetylenes is 1. The van der Waals surface area contributed by atoms with Crippen LogP contribution in [0.1, 0.15) is 18.4 Å². The van der Waals surface area contributed by atoms with Crippen LogP contribution in [0.4, 0.5) is 5.69 Å². The molecule has 15 heavy (non-hydrogen) atoms. The Morgan fingerprint density at radius 3 is 2.87 bits per heavy atom. The van der Waals surface area contributed by atoms with Crippen molar-refractivity contribution >= 4 is 11.6 Å². The fourth-order valence-electron chi connectivity index (χ4n) is 1.30. The van der Waals surface area contributed by atoms with Crippen LogP contribution in [-0.2, 0) is 4.79 Å². The minimum atomic E-state index is -0.647. The van der Waals surface area contributed by atoms with Gasteiger partial charge in [-0.15, -0.1) is 6.42 Å². The van der Waals surface area contributed by atoms with Crippen molar-refractivity contribution in [3.8, 4) is 12.3 Å². The highest BCUT2D eigenvalue weighted by atomic mass is 16.2. The number of nitrogens with one attached hydrogen (secondary N) is 1. The van der Waals surface area contributed by atoms with E-state index in [1.165, 1.54) is 0 Å². The second kappa shape index (κ2) is 3.41. The predicted molar refractivity (Wildman–Crippen MR) is 59.2 cm³/mol. The van der Waals surface area contributed by atoms with Gasteiger partial charge < -0.3 is 11.1 Å². The Balaban J connectivity index is 2.11. The Hall–Kier alpha value is -1.79. The number of anilines is 1. The summed E-state index contributed by atoms with van der Waals surface area (Å²) in [6.07, 6.45) is 6.78. The maximum absolute atomic E-state index is 11.6. The van der Waals surface area contributed by atoms with Gasteiger partial charge in [0.1, 0.15) is 0 Å². The summed E-state index contributed by atoms with van der Waals surface area (Å²) in [5.74, 6) is 2.38. The van der Waals surface area contributed by atoms with Crippen molar-refractivity contribution in [2.24, 2.45) is 5.73 Å². The topological polar surface area (TPSA) is 55.1 Å². The van der Waals surface area contributed by atoms with Gasteiger partial charge in [-0.2, -0.15) is 0 Å². The fourth-order valence-corrected chi connectivity index (χ4v) is 1.30. The van der Waals surface area contributed by atoms with Crippen molar-refractivity contribution in [3.05, 3.63) is 29.8 Å². The number of hydrogen-bond acceptors (Lipinski definition) is 2. The molecule has 0 aromatic heterocycles. The van der Waals surface area contributed by atoms with Crippen LogP contribution >= 0.6 is 0 Å². The molecule has 2 rings (SSSR count). The van der Waals surface area contributed by atoms with Crippen LogP contribution in [0.2, 0.25) is 0 Å². The van der Waals surface area contributed by atoms with Crippen molar-refractivity contribution < 1.29 is 4.79 Å². The van der Waals surface area contributed by atoms with E-state index in [4.69, 9.17) is 12.2 Å². The Morgan fingerprint density at radius 1 is 1.53 bits per heavy atom. The van der Waals surface area contributed by atoms with E-state index in [1.54, 1.807) is 18.2 Å². The highest BCUT2D eigenvalue weighted by Crippen LogP contribution is 2.33. The zero-order chi connectivity index (χ0) is 10.9. The lowest BCUT2D eigenvalue weighted by Crippen LogP contribution is -2.37. The van der Waals surface area contributed by atoms with Crippen LogP contribution in [0.3, 0.4) is 0 Å². The van der Waals surface area contributed by atoms with Gasteiger partial charge in [-0.3, -0.25) is 4.79 Å². The van der Waals surface area contributed by atoms with Gasteiger partial charge in [0.2, 0.25) is 5.91 Å². The van der Waals surface area contributed by atoms with Crippen LogP contribution in [0.5, 0.6) is 0 Å². The minimum absolute atomic E-state index is 0.128. The molecule has 0 unspecified atom stereocenters. The number of rotatable bonds is 2. The van der Waals surface area contributed by atoms with Crippen LogP contribution < -0.4 is 11.1 Å². The van der Waals surface area contributed by atoms with Crippen LogP contribution in [0.15, 0.2) is 24.3 Å². The third kappa shape index (κ3) is 2.00. The van der Waals surface area contributed by atoms with Crippen molar-refractivity contribution in [2.75, 3.05) is 5.32 Å². The maximum Gasteiger partial charge on any atom is 0.244 e. The molecule has 76 valence electrons. The second-order valence-corrected chi connectivity index (χ2v) is 3.84. The molecule has 0 saturated heterocycles. The molecule has 0 aliphatic heterocycles. The highest BCUT2D eigenvalue weighted by Gasteiger charge is 2.45. The number of hydrogen-bond donors (Lipinski definition) is 2. The summed E-state index contributed by atoms with van der Waals surface area (Å²) in [6, 6.07) is 7.17. The quantitative estimate of drug-likeness (QED) is 0.702. The summed E-state index contributed by atoms with van der Waals surface area (Å²) in [5, 5.41) is 2.76. The van der Waals surface area contributed by atoms with Gasteiger partial charge in [-0.05, 0) is 31.0 Å². The third-order valence-electron chi connectivity index (χ3n) is 2.53. The van der Waals surface area contributed by atoms with Crippen molar-refractivity contribution in [1.82, 2.24) is 0 Å². The second-order valence-electron chi connectivity index (χ2n) is 3.84. The fraction of sp³-hybridized carbons (Fsp3) is 0.250.